The summed E-state index contributed by atoms with van der Waals surface area (Å²) in [5.41, 5.74) is 7.55. The SMILES string of the molecule is CC(C)C(=O)N1CCCC1c1nc(-c2ccc(CN)cc2)no1.Cl. The van der Waals surface area contributed by atoms with E-state index in [1.165, 1.54) is 0 Å². The van der Waals surface area contributed by atoms with Crippen LogP contribution in [0, 0.1) is 5.92 Å². The average molecular weight is 351 g/mol. The van der Waals surface area contributed by atoms with Crippen LogP contribution in [-0.4, -0.2) is 27.5 Å². The van der Waals surface area contributed by atoms with E-state index in [9.17, 15) is 4.79 Å². The molecule has 2 heterocycles. The number of hydrogen-bond donors (Lipinski definition) is 1. The Kier molecular flexibility index (Phi) is 5.96. The molecule has 1 aliphatic heterocycles. The molecule has 130 valence electrons. The van der Waals surface area contributed by atoms with E-state index in [1.807, 2.05) is 43.0 Å². The molecule has 0 radical (unpaired) electrons. The summed E-state index contributed by atoms with van der Waals surface area (Å²) in [4.78, 5) is 18.7. The first-order valence-electron chi connectivity index (χ1n) is 8.03. The number of amides is 1. The fourth-order valence-electron chi connectivity index (χ4n) is 2.90. The topological polar surface area (TPSA) is 85.2 Å². The van der Waals surface area contributed by atoms with Crippen LogP contribution < -0.4 is 5.73 Å². The highest BCUT2D eigenvalue weighted by Gasteiger charge is 2.34. The molecule has 1 aromatic heterocycles. The van der Waals surface area contributed by atoms with E-state index in [1.54, 1.807) is 0 Å². The Bertz CT molecular complexity index is 684. The quantitative estimate of drug-likeness (QED) is 0.916. The molecule has 3 rings (SSSR count). The first-order valence-corrected chi connectivity index (χ1v) is 8.03. The van der Waals surface area contributed by atoms with Gasteiger partial charge in [-0.25, -0.2) is 0 Å². The predicted octanol–water partition coefficient (Wildman–Crippen LogP) is 2.94. The third-order valence-corrected chi connectivity index (χ3v) is 4.20. The molecule has 1 saturated heterocycles. The molecule has 2 aromatic rings. The molecule has 1 unspecified atom stereocenters. The molecule has 0 spiro atoms. The second-order valence-electron chi connectivity index (χ2n) is 6.20. The first-order chi connectivity index (χ1) is 11.1. The number of rotatable bonds is 4. The van der Waals surface area contributed by atoms with Crippen molar-refractivity contribution in [3.63, 3.8) is 0 Å². The molecule has 1 atom stereocenters. The Morgan fingerprint density at radius 2 is 2.08 bits per heavy atom. The molecule has 1 aromatic carbocycles. The van der Waals surface area contributed by atoms with Gasteiger partial charge in [0.1, 0.15) is 6.04 Å². The van der Waals surface area contributed by atoms with Crippen molar-refractivity contribution < 1.29 is 9.32 Å². The number of likely N-dealkylation sites (tertiary alicyclic amines) is 1. The van der Waals surface area contributed by atoms with Crippen LogP contribution in [-0.2, 0) is 11.3 Å². The third-order valence-electron chi connectivity index (χ3n) is 4.20. The van der Waals surface area contributed by atoms with Gasteiger partial charge in [0.15, 0.2) is 0 Å². The lowest BCUT2D eigenvalue weighted by molar-refractivity contribution is -0.135. The van der Waals surface area contributed by atoms with Crippen molar-refractivity contribution in [1.82, 2.24) is 15.0 Å². The highest BCUT2D eigenvalue weighted by molar-refractivity contribution is 5.85. The average Bonchev–Trinajstić information content (AvgIpc) is 3.22. The smallest absolute Gasteiger partial charge is 0.249 e. The fourth-order valence-corrected chi connectivity index (χ4v) is 2.90. The minimum atomic E-state index is -0.102. The van der Waals surface area contributed by atoms with E-state index >= 15 is 0 Å². The van der Waals surface area contributed by atoms with E-state index in [0.29, 0.717) is 18.3 Å². The summed E-state index contributed by atoms with van der Waals surface area (Å²) in [7, 11) is 0. The molecule has 1 amide bonds. The summed E-state index contributed by atoms with van der Waals surface area (Å²) < 4.78 is 5.44. The molecule has 24 heavy (non-hydrogen) atoms. The zero-order chi connectivity index (χ0) is 16.4. The molecule has 1 aliphatic rings. The standard InChI is InChI=1S/C17H22N4O2.ClH/c1-11(2)17(22)21-9-3-4-14(21)16-19-15(20-23-16)13-7-5-12(10-18)6-8-13;/h5-8,11,14H,3-4,9-10,18H2,1-2H3;1H. The van der Waals surface area contributed by atoms with Crippen molar-refractivity contribution in [1.29, 1.82) is 0 Å². The van der Waals surface area contributed by atoms with Crippen LogP contribution in [0.3, 0.4) is 0 Å². The van der Waals surface area contributed by atoms with Gasteiger partial charge in [0, 0.05) is 24.6 Å². The summed E-state index contributed by atoms with van der Waals surface area (Å²) >= 11 is 0. The number of hydrogen-bond acceptors (Lipinski definition) is 5. The molecular formula is C17H23ClN4O2. The van der Waals surface area contributed by atoms with E-state index in [2.05, 4.69) is 10.1 Å². The van der Waals surface area contributed by atoms with E-state index in [0.717, 1.165) is 30.5 Å². The van der Waals surface area contributed by atoms with Gasteiger partial charge < -0.3 is 15.2 Å². The van der Waals surface area contributed by atoms with Crippen LogP contribution in [0.4, 0.5) is 0 Å². The van der Waals surface area contributed by atoms with Gasteiger partial charge in [-0.3, -0.25) is 4.79 Å². The molecule has 0 bridgehead atoms. The maximum Gasteiger partial charge on any atom is 0.249 e. The van der Waals surface area contributed by atoms with Crippen LogP contribution in [0.25, 0.3) is 11.4 Å². The molecule has 7 heteroatoms. The number of nitrogens with two attached hydrogens (primary N) is 1. The Balaban J connectivity index is 0.00000208. The Hall–Kier alpha value is -1.92. The highest BCUT2D eigenvalue weighted by Crippen LogP contribution is 2.33. The molecule has 6 nitrogen and oxygen atoms in total. The number of halogens is 1. The van der Waals surface area contributed by atoms with Crippen molar-refractivity contribution in [2.24, 2.45) is 11.7 Å². The second-order valence-corrected chi connectivity index (χ2v) is 6.20. The van der Waals surface area contributed by atoms with Gasteiger partial charge in [0.05, 0.1) is 0 Å². The van der Waals surface area contributed by atoms with Crippen molar-refractivity contribution in [3.05, 3.63) is 35.7 Å². The van der Waals surface area contributed by atoms with Gasteiger partial charge in [-0.05, 0) is 18.4 Å². The minimum Gasteiger partial charge on any atom is -0.337 e. The third kappa shape index (κ3) is 3.60. The van der Waals surface area contributed by atoms with Crippen molar-refractivity contribution in [2.45, 2.75) is 39.3 Å². The summed E-state index contributed by atoms with van der Waals surface area (Å²) in [6.07, 6.45) is 1.83. The lowest BCUT2D eigenvalue weighted by Gasteiger charge is -2.23. The maximum absolute atomic E-state index is 12.3. The van der Waals surface area contributed by atoms with Crippen LogP contribution in [0.2, 0.25) is 0 Å². The number of aromatic nitrogens is 2. The van der Waals surface area contributed by atoms with Gasteiger partial charge in [-0.15, -0.1) is 12.4 Å². The summed E-state index contributed by atoms with van der Waals surface area (Å²) in [5, 5.41) is 4.07. The van der Waals surface area contributed by atoms with Gasteiger partial charge in [0.2, 0.25) is 17.6 Å². The Labute approximate surface area is 147 Å². The lowest BCUT2D eigenvalue weighted by atomic mass is 10.1. The van der Waals surface area contributed by atoms with Crippen molar-refractivity contribution in [2.75, 3.05) is 6.54 Å². The van der Waals surface area contributed by atoms with Crippen LogP contribution in [0.15, 0.2) is 28.8 Å². The summed E-state index contributed by atoms with van der Waals surface area (Å²) in [6.45, 7) is 5.09. The largest absolute Gasteiger partial charge is 0.337 e. The second kappa shape index (κ2) is 7.77. The number of benzene rings is 1. The van der Waals surface area contributed by atoms with Crippen LogP contribution >= 0.6 is 12.4 Å². The van der Waals surface area contributed by atoms with E-state index < -0.39 is 0 Å². The minimum absolute atomic E-state index is 0. The van der Waals surface area contributed by atoms with Crippen LogP contribution in [0.5, 0.6) is 0 Å². The van der Waals surface area contributed by atoms with Gasteiger partial charge in [0.25, 0.3) is 0 Å². The molecule has 0 saturated carbocycles. The number of nitrogens with zero attached hydrogens (tertiary/aromatic N) is 3. The van der Waals surface area contributed by atoms with E-state index in [4.69, 9.17) is 10.3 Å². The van der Waals surface area contributed by atoms with E-state index in [-0.39, 0.29) is 30.3 Å². The zero-order valence-electron chi connectivity index (χ0n) is 13.9. The fraction of sp³-hybridized carbons (Fsp3) is 0.471. The maximum atomic E-state index is 12.3. The molecule has 2 N–H and O–H groups in total. The molecule has 1 fully saturated rings. The van der Waals surface area contributed by atoms with Gasteiger partial charge >= 0.3 is 0 Å². The van der Waals surface area contributed by atoms with Crippen molar-refractivity contribution >= 4 is 18.3 Å². The van der Waals surface area contributed by atoms with Gasteiger partial charge in [-0.1, -0.05) is 43.3 Å². The molecular weight excluding hydrogens is 328 g/mol. The summed E-state index contributed by atoms with van der Waals surface area (Å²) in [5.74, 6) is 1.18. The first kappa shape index (κ1) is 18.4. The predicted molar refractivity (Wildman–Crippen MR) is 93.4 cm³/mol. The zero-order valence-corrected chi connectivity index (χ0v) is 14.8. The van der Waals surface area contributed by atoms with Gasteiger partial charge in [-0.2, -0.15) is 4.98 Å². The Morgan fingerprint density at radius 3 is 2.71 bits per heavy atom. The normalized spacial score (nSPS) is 17.2. The number of carbonyl (C=O) groups is 1. The molecule has 0 aliphatic carbocycles. The van der Waals surface area contributed by atoms with Crippen molar-refractivity contribution in [3.8, 4) is 11.4 Å². The Morgan fingerprint density at radius 1 is 1.38 bits per heavy atom. The van der Waals surface area contributed by atoms with Crippen LogP contribution in [0.1, 0.15) is 44.2 Å². The highest BCUT2D eigenvalue weighted by atomic mass is 35.5. The summed E-state index contributed by atoms with van der Waals surface area (Å²) in [6, 6.07) is 7.67. The lowest BCUT2D eigenvalue weighted by Crippen LogP contribution is -2.33. The number of carbonyl (C=O) groups excluding carboxylic acids is 1. The monoisotopic (exact) mass is 350 g/mol.